The molecule has 0 atom stereocenters. The summed E-state index contributed by atoms with van der Waals surface area (Å²) in [5.74, 6) is 3.71. The minimum atomic E-state index is -0.471. The van der Waals surface area contributed by atoms with Crippen molar-refractivity contribution in [2.75, 3.05) is 0 Å². The maximum atomic E-state index is 11.3. The van der Waals surface area contributed by atoms with Crippen LogP contribution in [0.15, 0.2) is 402 Å². The zero-order valence-corrected chi connectivity index (χ0v) is 84.9. The number of aryl methyl sites for hydroxylation is 2. The fourth-order valence-corrected chi connectivity index (χ4v) is 19.6. The molecule has 15 aromatic carbocycles. The Morgan fingerprint density at radius 3 is 0.819 bits per heavy atom. The van der Waals surface area contributed by atoms with Crippen molar-refractivity contribution in [3.63, 3.8) is 0 Å². The quantitative estimate of drug-likeness (QED) is 0.0266. The molecule has 0 aliphatic carbocycles. The molecule has 0 radical (unpaired) electrons. The maximum Gasteiger partial charge on any atom is 0.270 e. The number of nitro groups is 4. The van der Waals surface area contributed by atoms with Gasteiger partial charge in [-0.1, -0.05) is 277 Å². The van der Waals surface area contributed by atoms with Crippen LogP contribution >= 0.6 is 71.0 Å². The number of imidazole rings is 5. The summed E-state index contributed by atoms with van der Waals surface area (Å²) in [4.78, 5) is 102. The highest BCUT2D eigenvalue weighted by atomic mass is 79.9. The van der Waals surface area contributed by atoms with Crippen molar-refractivity contribution in [1.29, 1.82) is 0 Å². The van der Waals surface area contributed by atoms with Gasteiger partial charge in [0.2, 0.25) is 0 Å². The predicted molar refractivity (Wildman–Crippen MR) is 603 cm³/mol. The molecule has 149 heavy (non-hydrogen) atoms. The molecule has 25 aromatic rings. The van der Waals surface area contributed by atoms with Crippen LogP contribution in [-0.2, 0) is 0 Å². The van der Waals surface area contributed by atoms with Crippen LogP contribution in [0.3, 0.4) is 0 Å². The Balaban J connectivity index is 0.000000109. The fourth-order valence-electron chi connectivity index (χ4n) is 18.3. The molecule has 0 saturated carbocycles. The molecule has 0 saturated heterocycles. The average Bonchev–Trinajstić information content (AvgIpc) is 1.61. The summed E-state index contributed by atoms with van der Waals surface area (Å²) in [5.41, 5.74) is 29.2. The van der Waals surface area contributed by atoms with Gasteiger partial charge in [-0.15, -0.1) is 0 Å². The van der Waals surface area contributed by atoms with Crippen molar-refractivity contribution >= 4 is 148 Å². The average molecular weight is 2190 g/mol. The monoisotopic (exact) mass is 2190 g/mol. The smallest absolute Gasteiger partial charge is 0.270 e. The van der Waals surface area contributed by atoms with E-state index in [1.54, 1.807) is 48.5 Å². The number of rotatable bonds is 19. The van der Waals surface area contributed by atoms with Crippen molar-refractivity contribution in [3.8, 4) is 170 Å². The number of hydrogen-bond acceptors (Lipinski definition) is 13. The first-order valence-electron chi connectivity index (χ1n) is 46.7. The second-order valence-electron chi connectivity index (χ2n) is 34.8. The summed E-state index contributed by atoms with van der Waals surface area (Å²) in [6.07, 6.45) is 5.76. The van der Waals surface area contributed by atoms with E-state index in [9.17, 15) is 40.5 Å². The van der Waals surface area contributed by atoms with Gasteiger partial charge in [-0.3, -0.25) is 40.5 Å². The number of non-ortho nitro benzene ring substituents is 4. The van der Waals surface area contributed by atoms with Gasteiger partial charge in [-0.25, -0.2) is 24.9 Å². The van der Waals surface area contributed by atoms with Crippen LogP contribution < -0.4 is 0 Å². The molecule has 32 heteroatoms. The SMILES string of the molecule is Cc1[nH]c2ccccc2c1-c1nc(-c2ccccc2)c(-c2ccc(Cl)cc2)[nH]1.Cc1[nH]c2ccccc2c1-c1nc(-c2ccccc2)c(-c2ccc([N+](=O)[O-])cc2)[nH]1.Clc1ccc(-c2[nH]c(-c3c[nH]c4ccc(Br)cc34)nc2-c2ccccc2)cc1.O=[N+]([O-])c1ccc(-c2[nH]c(-c3c[nH]c4ccc(Br)cc34)nc2-c2ccccc2)cc1.O=[N+]([O-])c1cccc(-c2nc(-c3c[nH]c4ccc(Br)cc34)[nH]c2-c2cccc([N+](=O)[O-])c2)c1. The topological polar surface area (TPSA) is 395 Å². The van der Waals surface area contributed by atoms with Gasteiger partial charge in [0.05, 0.1) is 76.6 Å². The van der Waals surface area contributed by atoms with Gasteiger partial charge in [0.1, 0.15) is 29.1 Å². The molecule has 0 amide bonds. The lowest BCUT2D eigenvalue weighted by molar-refractivity contribution is -0.385. The number of nitrogens with one attached hydrogen (secondary N) is 10. The Morgan fingerprint density at radius 1 is 0.235 bits per heavy atom. The molecule has 10 N–H and O–H groups in total. The van der Waals surface area contributed by atoms with Crippen LogP contribution in [0.1, 0.15) is 11.4 Å². The van der Waals surface area contributed by atoms with Crippen LogP contribution in [0, 0.1) is 54.3 Å². The lowest BCUT2D eigenvalue weighted by atomic mass is 10.0. The van der Waals surface area contributed by atoms with E-state index in [4.69, 9.17) is 48.1 Å². The lowest BCUT2D eigenvalue weighted by Crippen LogP contribution is -1.91. The van der Waals surface area contributed by atoms with Crippen molar-refractivity contribution < 1.29 is 19.7 Å². The summed E-state index contributed by atoms with van der Waals surface area (Å²) < 4.78 is 2.93. The van der Waals surface area contributed by atoms with E-state index in [1.807, 2.05) is 232 Å². The number of hydrogen-bond donors (Lipinski definition) is 10. The minimum Gasteiger partial charge on any atom is -0.360 e. The van der Waals surface area contributed by atoms with E-state index < -0.39 is 19.7 Å². The third-order valence-electron chi connectivity index (χ3n) is 25.3. The third kappa shape index (κ3) is 20.4. The molecular weight excluding hydrogens is 2110 g/mol. The summed E-state index contributed by atoms with van der Waals surface area (Å²) in [6.45, 7) is 4.12. The summed E-state index contributed by atoms with van der Waals surface area (Å²) in [6, 6.07) is 116. The van der Waals surface area contributed by atoms with E-state index in [2.05, 4.69) is 171 Å². The largest absolute Gasteiger partial charge is 0.360 e. The van der Waals surface area contributed by atoms with Gasteiger partial charge in [-0.2, -0.15) is 0 Å². The zero-order valence-electron chi connectivity index (χ0n) is 78.6. The lowest BCUT2D eigenvalue weighted by Gasteiger charge is -2.03. The van der Waals surface area contributed by atoms with Gasteiger partial charge in [0.25, 0.3) is 22.7 Å². The van der Waals surface area contributed by atoms with Gasteiger partial charge in [0, 0.05) is 240 Å². The van der Waals surface area contributed by atoms with Crippen LogP contribution in [0.2, 0.25) is 10.0 Å². The summed E-state index contributed by atoms with van der Waals surface area (Å²) in [7, 11) is 0. The minimum absolute atomic E-state index is 0.0567. The van der Waals surface area contributed by atoms with Gasteiger partial charge in [0.15, 0.2) is 0 Å². The highest BCUT2D eigenvalue weighted by Gasteiger charge is 2.28. The van der Waals surface area contributed by atoms with E-state index in [0.29, 0.717) is 33.4 Å². The molecule has 0 fully saturated rings. The number of halogens is 5. The molecule has 0 bridgehead atoms. The number of aromatic nitrogens is 15. The second kappa shape index (κ2) is 42.2. The molecule has 27 nitrogen and oxygen atoms in total. The van der Waals surface area contributed by atoms with Crippen LogP contribution in [0.4, 0.5) is 22.7 Å². The first-order valence-corrected chi connectivity index (χ1v) is 49.8. The molecule has 726 valence electrons. The molecule has 10 aromatic heterocycles. The molecular formula is C117H80Br3Cl2N19O8. The first kappa shape index (κ1) is 96.8. The number of nitrogens with zero attached hydrogens (tertiary/aromatic N) is 9. The van der Waals surface area contributed by atoms with Crippen LogP contribution in [0.5, 0.6) is 0 Å². The fraction of sp³-hybridized carbons (Fsp3) is 0.0171. The number of nitro benzene ring substituents is 4. The Kier molecular flexibility index (Phi) is 27.4. The third-order valence-corrected chi connectivity index (χ3v) is 27.3. The van der Waals surface area contributed by atoms with Crippen molar-refractivity contribution in [2.45, 2.75) is 13.8 Å². The van der Waals surface area contributed by atoms with Gasteiger partial charge >= 0.3 is 0 Å². The van der Waals surface area contributed by atoms with Crippen molar-refractivity contribution in [2.24, 2.45) is 0 Å². The Morgan fingerprint density at radius 2 is 0.497 bits per heavy atom. The molecule has 0 aliphatic rings. The van der Waals surface area contributed by atoms with E-state index in [-0.39, 0.29) is 22.7 Å². The number of fused-ring (bicyclic) bond motifs is 5. The summed E-state index contributed by atoms with van der Waals surface area (Å²) >= 11 is 22.8. The number of aromatic amines is 10. The summed E-state index contributed by atoms with van der Waals surface area (Å²) in [5, 5.41) is 51.5. The molecule has 25 rings (SSSR count). The highest BCUT2D eigenvalue weighted by Crippen LogP contribution is 2.46. The molecule has 0 unspecified atom stereocenters. The van der Waals surface area contributed by atoms with E-state index in [1.165, 1.54) is 48.5 Å². The van der Waals surface area contributed by atoms with Crippen molar-refractivity contribution in [3.05, 3.63) is 464 Å². The first-order chi connectivity index (χ1) is 72.5. The second-order valence-corrected chi connectivity index (χ2v) is 38.4. The molecule has 10 heterocycles. The standard InChI is InChI=1S/C24H18ClN3.C24H18N4O2.C23H15BrClN3.C23H14BrN5O4.C23H15BrN4O2/c1-15-21(19-9-5-6-10-20(19)26-15)24-27-22(16-7-3-2-4-8-16)23(28-24)17-11-13-18(25)14-12-17;1-15-21(19-9-5-6-10-20(19)25-15)24-26-22(16-7-3-2-4-8-16)23(27-24)17-11-13-18(14-12-17)28(29)30;24-16-8-11-20-18(12-16)19(13-26-20)23-27-21(14-4-2-1-3-5-14)22(28-23)15-6-9-17(25)10-7-15;24-15-7-8-20-18(11-15)19(12-25-20)23-26-21(13-3-1-5-16(9-13)28(30)31)22(27-23)14-4-2-6-17(10-14)29(32)33;24-16-8-11-20-18(12-16)19(13-25-20)23-26-21(14-4-2-1-3-5-14)22(27-23)15-6-9-17(10-7-15)28(29)30/h2-14,26H,1H3,(H,27,28);2-14,25H,1H3,(H,26,27);1-13,26H,(H,27,28);1-12,25H,(H,26,27);1-13,25H,(H,26,27). The van der Waals surface area contributed by atoms with E-state index in [0.717, 1.165) is 226 Å². The van der Waals surface area contributed by atoms with Crippen molar-refractivity contribution in [1.82, 2.24) is 74.8 Å². The van der Waals surface area contributed by atoms with Gasteiger partial charge in [-0.05, 0) is 129 Å². The number of H-pyrrole nitrogens is 10. The Labute approximate surface area is 883 Å². The highest BCUT2D eigenvalue weighted by molar-refractivity contribution is 9.11. The maximum absolute atomic E-state index is 11.3. The molecule has 0 spiro atoms. The number of benzene rings is 15. The Bertz CT molecular complexity index is 9250. The van der Waals surface area contributed by atoms with Crippen LogP contribution in [0.25, 0.3) is 224 Å². The van der Waals surface area contributed by atoms with E-state index >= 15 is 0 Å². The normalized spacial score (nSPS) is 11.1. The predicted octanol–water partition coefficient (Wildman–Crippen LogP) is 33.3. The number of para-hydroxylation sites is 2. The molecule has 0 aliphatic heterocycles. The Hall–Kier alpha value is -18.3. The van der Waals surface area contributed by atoms with Crippen LogP contribution in [-0.4, -0.2) is 94.5 Å². The van der Waals surface area contributed by atoms with Gasteiger partial charge < -0.3 is 49.8 Å². The zero-order chi connectivity index (χ0) is 103.